The van der Waals surface area contributed by atoms with Gasteiger partial charge < -0.3 is 9.13 Å². The molecule has 0 radical (unpaired) electrons. The molecular weight excluding hydrogens is 937 g/mol. The molecule has 0 saturated heterocycles. The molecule has 0 aliphatic heterocycles. The molecule has 0 fully saturated rings. The lowest BCUT2D eigenvalue weighted by Crippen LogP contribution is -2.09. The van der Waals surface area contributed by atoms with E-state index in [1.54, 1.807) is 4.57 Å². The first kappa shape index (κ1) is 26.8. The summed E-state index contributed by atoms with van der Waals surface area (Å²) in [7, 11) is 0. The first-order valence-electron chi connectivity index (χ1n) is 33.0. The van der Waals surface area contributed by atoms with E-state index in [-0.39, 0.29) is 61.0 Å². The lowest BCUT2D eigenvalue weighted by Gasteiger charge is -2.26. The van der Waals surface area contributed by atoms with Crippen molar-refractivity contribution in [3.63, 3.8) is 0 Å². The van der Waals surface area contributed by atoms with Gasteiger partial charge >= 0.3 is 0 Å². The number of hydrogen-bond acceptors (Lipinski definition) is 3. The molecule has 0 aliphatic rings. The van der Waals surface area contributed by atoms with Gasteiger partial charge in [-0.3, -0.25) is 0 Å². The van der Waals surface area contributed by atoms with Crippen molar-refractivity contribution in [1.82, 2.24) is 9.13 Å². The van der Waals surface area contributed by atoms with Crippen molar-refractivity contribution in [1.29, 1.82) is 5.26 Å². The maximum Gasteiger partial charge on any atom is 0.220 e. The molecule has 15 aromatic rings. The highest BCUT2D eigenvalue weighted by atomic mass is 32.1. The number of nitrogens with zero attached hydrogens (tertiary/aromatic N) is 4. The lowest BCUT2D eigenvalue weighted by molar-refractivity contribution is 1.14. The number of rotatable bonds is 6. The normalized spacial score (nSPS) is 15.5. The molecule has 11 aromatic carbocycles. The molecule has 4 aromatic heterocycles. The Morgan fingerprint density at radius 1 is 0.419 bits per heavy atom. The minimum Gasteiger partial charge on any atom is -0.316 e. The summed E-state index contributed by atoms with van der Waals surface area (Å²) in [6.45, 7) is 9.63. The number of thiophene rings is 2. The van der Waals surface area contributed by atoms with E-state index >= 15 is 0 Å². The van der Waals surface area contributed by atoms with Gasteiger partial charge in [0, 0.05) is 63.6 Å². The van der Waals surface area contributed by atoms with Crippen molar-refractivity contribution in [2.45, 2.75) is 0 Å². The van der Waals surface area contributed by atoms with Gasteiger partial charge in [0.2, 0.25) is 5.69 Å². The molecule has 4 heterocycles. The second kappa shape index (κ2) is 16.5. The molecule has 6 heteroatoms. The second-order valence-electron chi connectivity index (χ2n) is 17.4. The standard InChI is InChI=1S/C68H38N4S2/c1-70-62-60(43-22-10-4-11-23-43)55(40-69)63(71-56-36-30-45(41-18-6-2-7-19-41)38-53(56)54-39-46(31-37-57(54)71)42-20-8-3-9-21-42)61(44-24-12-5-13-25-44)66(62)72-64-49(32-34-51-47-26-14-16-28-58(47)73-67(51)64)50-33-35-52-48-27-15-17-29-59(48)74-68(52)65(50)72/h2-39H/i2D,3D,4D,5D,6D,7D,8D,9D,10D,11D,12D,13D,18D,19D,20D,21D,22D,23D,24D,25D. The third-order valence-corrected chi connectivity index (χ3v) is 16.1. The van der Waals surface area contributed by atoms with Gasteiger partial charge in [-0.05, 0) is 69.8 Å². The summed E-state index contributed by atoms with van der Waals surface area (Å²) < 4.78 is 189. The van der Waals surface area contributed by atoms with Crippen LogP contribution in [0.25, 0.3) is 145 Å². The first-order chi connectivity index (χ1) is 44.9. The molecule has 0 atom stereocenters. The van der Waals surface area contributed by atoms with Crippen molar-refractivity contribution >= 4 is 112 Å². The number of hydrogen-bond donors (Lipinski definition) is 0. The van der Waals surface area contributed by atoms with E-state index in [0.29, 0.717) is 31.2 Å². The van der Waals surface area contributed by atoms with E-state index < -0.39 is 149 Å². The third kappa shape index (κ3) is 6.11. The Labute approximate surface area is 461 Å². The zero-order valence-corrected chi connectivity index (χ0v) is 39.6. The molecule has 0 bridgehead atoms. The number of fused-ring (bicyclic) bond motifs is 14. The van der Waals surface area contributed by atoms with Crippen LogP contribution in [-0.4, -0.2) is 9.13 Å². The molecule has 0 N–H and O–H groups in total. The summed E-state index contributed by atoms with van der Waals surface area (Å²) in [6, 6.07) is 20.1. The summed E-state index contributed by atoms with van der Waals surface area (Å²) >= 11 is 2.85. The first-order valence-corrected chi connectivity index (χ1v) is 24.7. The third-order valence-electron chi connectivity index (χ3n) is 13.7. The molecule has 15 rings (SSSR count). The Hall–Kier alpha value is -9.56. The number of aromatic nitrogens is 2. The van der Waals surface area contributed by atoms with Crippen LogP contribution in [0.5, 0.6) is 0 Å². The van der Waals surface area contributed by atoms with Gasteiger partial charge in [-0.1, -0.05) is 194 Å². The van der Waals surface area contributed by atoms with Crippen LogP contribution in [0, 0.1) is 17.9 Å². The lowest BCUT2D eigenvalue weighted by atomic mass is 9.88. The average Bonchev–Trinajstić information content (AvgIpc) is 1.44. The summed E-state index contributed by atoms with van der Waals surface area (Å²) in [4.78, 5) is 4.28. The van der Waals surface area contributed by atoms with Crippen LogP contribution in [0.3, 0.4) is 0 Å². The Balaban J connectivity index is 1.27. The largest absolute Gasteiger partial charge is 0.316 e. The van der Waals surface area contributed by atoms with Crippen molar-refractivity contribution < 1.29 is 27.4 Å². The van der Waals surface area contributed by atoms with Crippen LogP contribution in [-0.2, 0) is 0 Å². The van der Waals surface area contributed by atoms with Crippen LogP contribution in [0.4, 0.5) is 5.69 Å². The van der Waals surface area contributed by atoms with Crippen molar-refractivity contribution in [3.8, 4) is 62.0 Å². The molecule has 0 unspecified atom stereocenters. The quantitative estimate of drug-likeness (QED) is 0.153. The summed E-state index contributed by atoms with van der Waals surface area (Å²) in [5.41, 5.74) is -2.92. The fourth-order valence-corrected chi connectivity index (χ4v) is 13.2. The fraction of sp³-hybridized carbons (Fsp3) is 0. The topological polar surface area (TPSA) is 38.0 Å². The summed E-state index contributed by atoms with van der Waals surface area (Å²) in [5, 5.41) is 17.2. The molecule has 0 aliphatic carbocycles. The summed E-state index contributed by atoms with van der Waals surface area (Å²) in [5.74, 6) is 0. The Morgan fingerprint density at radius 2 is 0.851 bits per heavy atom. The fourth-order valence-electron chi connectivity index (χ4n) is 10.7. The van der Waals surface area contributed by atoms with Crippen LogP contribution < -0.4 is 0 Å². The van der Waals surface area contributed by atoms with E-state index in [0.717, 1.165) is 30.9 Å². The van der Waals surface area contributed by atoms with Gasteiger partial charge in [0.1, 0.15) is 6.07 Å². The maximum absolute atomic E-state index is 12.4. The number of nitriles is 1. The van der Waals surface area contributed by atoms with E-state index in [1.165, 1.54) is 63.6 Å². The van der Waals surface area contributed by atoms with E-state index in [4.69, 9.17) is 16.4 Å². The molecule has 0 saturated carbocycles. The molecule has 342 valence electrons. The Bertz CT molecular complexity index is 5800. The molecular formula is C68H38N4S2. The van der Waals surface area contributed by atoms with Crippen LogP contribution >= 0.6 is 22.7 Å². The highest BCUT2D eigenvalue weighted by Gasteiger charge is 2.33. The van der Waals surface area contributed by atoms with Crippen molar-refractivity contribution in [2.75, 3.05) is 0 Å². The Kier molecular flexibility index (Phi) is 5.97. The predicted molar refractivity (Wildman–Crippen MR) is 314 cm³/mol. The molecule has 4 nitrogen and oxygen atoms in total. The van der Waals surface area contributed by atoms with Gasteiger partial charge in [0.25, 0.3) is 0 Å². The predicted octanol–water partition coefficient (Wildman–Crippen LogP) is 19.7. The Morgan fingerprint density at radius 3 is 1.31 bits per heavy atom. The molecule has 74 heavy (non-hydrogen) atoms. The zero-order chi connectivity index (χ0) is 66.4. The maximum atomic E-state index is 12.4. The van der Waals surface area contributed by atoms with E-state index in [2.05, 4.69) is 10.9 Å². The van der Waals surface area contributed by atoms with Gasteiger partial charge in [-0.25, -0.2) is 4.85 Å². The van der Waals surface area contributed by atoms with E-state index in [9.17, 15) is 22.8 Å². The van der Waals surface area contributed by atoms with E-state index in [1.807, 2.05) is 72.8 Å². The molecule has 0 spiro atoms. The average molecular weight is 995 g/mol. The van der Waals surface area contributed by atoms with Gasteiger partial charge in [-0.2, -0.15) is 5.26 Å². The highest BCUT2D eigenvalue weighted by molar-refractivity contribution is 7.27. The van der Waals surface area contributed by atoms with Crippen LogP contribution in [0.15, 0.2) is 230 Å². The van der Waals surface area contributed by atoms with Gasteiger partial charge in [-0.15, -0.1) is 22.7 Å². The number of benzene rings is 11. The zero-order valence-electron chi connectivity index (χ0n) is 58.0. The second-order valence-corrected chi connectivity index (χ2v) is 19.5. The van der Waals surface area contributed by atoms with Crippen molar-refractivity contribution in [2.24, 2.45) is 0 Å². The summed E-state index contributed by atoms with van der Waals surface area (Å²) in [6.07, 6.45) is 0. The highest BCUT2D eigenvalue weighted by Crippen LogP contribution is 2.55. The van der Waals surface area contributed by atoms with Gasteiger partial charge in [0.15, 0.2) is 0 Å². The van der Waals surface area contributed by atoms with Crippen LogP contribution in [0.2, 0.25) is 0 Å². The van der Waals surface area contributed by atoms with Crippen LogP contribution in [0.1, 0.15) is 33.0 Å². The smallest absolute Gasteiger partial charge is 0.220 e. The monoisotopic (exact) mass is 994 g/mol. The minimum atomic E-state index is -0.832. The van der Waals surface area contributed by atoms with Gasteiger partial charge in [0.05, 0.1) is 82.4 Å². The van der Waals surface area contributed by atoms with Crippen molar-refractivity contribution in [3.05, 3.63) is 247 Å². The SMILES string of the molecule is [2H]c1c([2H])c([2H])c(-c2ccc3c(c2)c2cc(-c4c([2H])c([2H])c([2H])c([2H])c4[2H])ccc2n3-c2c(C#N)c(-c3c([2H])c([2H])c([2H])c([2H])c3[2H])c([N+]#[C-])c(-n3c4c(ccc5c6ccccc6sc54)c4ccc5c6ccccc6sc5c43)c2-c2c([2H])c([2H])c([2H])c([2H])c2[2H])c([2H])c1[2H]. The minimum absolute atomic E-state index is 0.0666. The molecule has 0 amide bonds.